The fraction of sp³-hybridized carbons (Fsp3) is 0.0370. The first-order valence-corrected chi connectivity index (χ1v) is 11.9. The van der Waals surface area contributed by atoms with E-state index in [9.17, 15) is 14.4 Å². The van der Waals surface area contributed by atoms with E-state index in [-0.39, 0.29) is 18.2 Å². The highest BCUT2D eigenvalue weighted by molar-refractivity contribution is 9.10. The zero-order valence-corrected chi connectivity index (χ0v) is 21.0. The van der Waals surface area contributed by atoms with Crippen LogP contribution < -0.4 is 15.5 Å². The fourth-order valence-electron chi connectivity index (χ4n) is 3.34. The number of amides is 2. The van der Waals surface area contributed by atoms with Gasteiger partial charge in [-0.15, -0.1) is 0 Å². The van der Waals surface area contributed by atoms with Crippen molar-refractivity contribution in [2.24, 2.45) is 5.10 Å². The highest BCUT2D eigenvalue weighted by Gasteiger charge is 2.14. The summed E-state index contributed by atoms with van der Waals surface area (Å²) in [6, 6.07) is 24.2. The monoisotopic (exact) mass is 563 g/mol. The summed E-state index contributed by atoms with van der Waals surface area (Å²) in [5.74, 6) is -1.19. The molecule has 0 heterocycles. The Morgan fingerprint density at radius 1 is 0.917 bits per heavy atom. The van der Waals surface area contributed by atoms with Crippen LogP contribution in [0.3, 0.4) is 0 Å². The van der Waals surface area contributed by atoms with Crippen LogP contribution in [0.1, 0.15) is 26.3 Å². The van der Waals surface area contributed by atoms with E-state index < -0.39 is 11.9 Å². The van der Waals surface area contributed by atoms with Crippen molar-refractivity contribution in [1.29, 1.82) is 0 Å². The Labute approximate surface area is 220 Å². The lowest BCUT2D eigenvalue weighted by Gasteiger charge is -2.11. The van der Waals surface area contributed by atoms with Crippen LogP contribution in [-0.2, 0) is 4.79 Å². The summed E-state index contributed by atoms with van der Waals surface area (Å²) in [7, 11) is 0. The Bertz CT molecular complexity index is 1470. The largest absolute Gasteiger partial charge is 0.422 e. The number of nitrogens with one attached hydrogen (secondary N) is 2. The second-order valence-electron chi connectivity index (χ2n) is 7.58. The van der Waals surface area contributed by atoms with Gasteiger partial charge in [-0.3, -0.25) is 9.59 Å². The van der Waals surface area contributed by atoms with Crippen molar-refractivity contribution in [1.82, 2.24) is 10.7 Å². The molecule has 2 amide bonds. The Balaban J connectivity index is 1.47. The van der Waals surface area contributed by atoms with Gasteiger partial charge in [-0.2, -0.15) is 5.10 Å². The van der Waals surface area contributed by atoms with Gasteiger partial charge in [-0.1, -0.05) is 63.9 Å². The maximum absolute atomic E-state index is 12.7. The minimum Gasteiger partial charge on any atom is -0.422 e. The van der Waals surface area contributed by atoms with Gasteiger partial charge in [0, 0.05) is 20.6 Å². The molecule has 0 aliphatic rings. The second-order valence-corrected chi connectivity index (χ2v) is 8.93. The lowest BCUT2D eigenvalue weighted by atomic mass is 10.0. The van der Waals surface area contributed by atoms with Crippen molar-refractivity contribution >= 4 is 62.3 Å². The zero-order valence-electron chi connectivity index (χ0n) is 18.7. The van der Waals surface area contributed by atoms with Crippen molar-refractivity contribution in [2.75, 3.05) is 6.54 Å². The maximum Gasteiger partial charge on any atom is 0.343 e. The molecular weight excluding hydrogens is 546 g/mol. The molecule has 2 N–H and O–H groups in total. The predicted molar refractivity (Wildman–Crippen MR) is 143 cm³/mol. The molecule has 0 atom stereocenters. The van der Waals surface area contributed by atoms with E-state index in [1.54, 1.807) is 54.6 Å². The Hall–Kier alpha value is -4.01. The van der Waals surface area contributed by atoms with Gasteiger partial charge in [0.1, 0.15) is 5.75 Å². The summed E-state index contributed by atoms with van der Waals surface area (Å²) < 4.78 is 6.38. The summed E-state index contributed by atoms with van der Waals surface area (Å²) >= 11 is 9.20. The number of carbonyl (C=O) groups is 3. The van der Waals surface area contributed by atoms with Crippen molar-refractivity contribution in [3.63, 3.8) is 0 Å². The van der Waals surface area contributed by atoms with Gasteiger partial charge in [-0.25, -0.2) is 10.2 Å². The minimum absolute atomic E-state index is 0.267. The molecule has 4 aromatic carbocycles. The summed E-state index contributed by atoms with van der Waals surface area (Å²) in [6.07, 6.45) is 1.40. The molecule has 0 unspecified atom stereocenters. The molecule has 9 heteroatoms. The molecule has 180 valence electrons. The number of hydrazone groups is 1. The number of halogens is 2. The molecule has 0 saturated carbocycles. The molecule has 0 spiro atoms. The average molecular weight is 565 g/mol. The smallest absolute Gasteiger partial charge is 0.343 e. The second kappa shape index (κ2) is 11.6. The number of fused-ring (bicyclic) bond motifs is 1. The number of ether oxygens (including phenoxy) is 1. The Morgan fingerprint density at radius 3 is 2.47 bits per heavy atom. The van der Waals surface area contributed by atoms with E-state index in [4.69, 9.17) is 16.3 Å². The first kappa shape index (κ1) is 25.1. The normalized spacial score (nSPS) is 10.8. The van der Waals surface area contributed by atoms with E-state index in [0.29, 0.717) is 21.7 Å². The Kier molecular flexibility index (Phi) is 8.10. The van der Waals surface area contributed by atoms with Crippen LogP contribution in [0.4, 0.5) is 0 Å². The minimum atomic E-state index is -0.559. The van der Waals surface area contributed by atoms with Gasteiger partial charge < -0.3 is 10.1 Å². The average Bonchev–Trinajstić information content (AvgIpc) is 2.88. The van der Waals surface area contributed by atoms with Gasteiger partial charge in [0.2, 0.25) is 0 Å². The SMILES string of the molecule is O=C(CNC(=O)c1cccc(Br)c1)NN=Cc1c(OC(=O)c2ccc(Cl)cc2)ccc2ccccc12. The van der Waals surface area contributed by atoms with Crippen molar-refractivity contribution in [2.45, 2.75) is 0 Å². The van der Waals surface area contributed by atoms with E-state index >= 15 is 0 Å². The molecule has 36 heavy (non-hydrogen) atoms. The number of benzene rings is 4. The molecule has 0 bridgehead atoms. The third kappa shape index (κ3) is 6.35. The molecule has 0 fully saturated rings. The fourth-order valence-corrected chi connectivity index (χ4v) is 3.87. The standard InChI is InChI=1S/C27H19BrClN3O4/c28-20-6-3-5-19(14-20)26(34)30-16-25(33)32-31-15-23-22-7-2-1-4-17(22)10-13-24(23)36-27(35)18-8-11-21(29)12-9-18/h1-15H,16H2,(H,30,34)(H,32,33). The van der Waals surface area contributed by atoms with E-state index in [1.165, 1.54) is 6.21 Å². The highest BCUT2D eigenvalue weighted by Crippen LogP contribution is 2.27. The summed E-state index contributed by atoms with van der Waals surface area (Å²) in [5, 5.41) is 8.74. The first-order chi connectivity index (χ1) is 17.4. The van der Waals surface area contributed by atoms with E-state index in [2.05, 4.69) is 31.8 Å². The van der Waals surface area contributed by atoms with E-state index in [0.717, 1.165) is 15.2 Å². The molecule has 0 aromatic heterocycles. The summed E-state index contributed by atoms with van der Waals surface area (Å²) in [4.78, 5) is 37.1. The van der Waals surface area contributed by atoms with Crippen molar-refractivity contribution in [3.05, 3.63) is 111 Å². The Morgan fingerprint density at radius 2 is 1.69 bits per heavy atom. The third-order valence-electron chi connectivity index (χ3n) is 5.09. The van der Waals surface area contributed by atoms with Crippen LogP contribution in [-0.4, -0.2) is 30.5 Å². The predicted octanol–water partition coefficient (Wildman–Crippen LogP) is 5.36. The summed E-state index contributed by atoms with van der Waals surface area (Å²) in [6.45, 7) is -0.267. The maximum atomic E-state index is 12.7. The number of carbonyl (C=O) groups excluding carboxylic acids is 3. The number of hydrogen-bond acceptors (Lipinski definition) is 5. The molecule has 0 aliphatic heterocycles. The van der Waals surface area contributed by atoms with Gasteiger partial charge in [0.25, 0.3) is 11.8 Å². The van der Waals surface area contributed by atoms with Crippen LogP contribution in [0.15, 0.2) is 94.5 Å². The number of nitrogens with zero attached hydrogens (tertiary/aromatic N) is 1. The number of esters is 1. The first-order valence-electron chi connectivity index (χ1n) is 10.8. The van der Waals surface area contributed by atoms with Crippen molar-refractivity contribution in [3.8, 4) is 5.75 Å². The molecule has 0 aliphatic carbocycles. The van der Waals surface area contributed by atoms with E-state index in [1.807, 2.05) is 30.3 Å². The van der Waals surface area contributed by atoms with Crippen LogP contribution in [0.5, 0.6) is 5.75 Å². The molecule has 4 rings (SSSR count). The van der Waals surface area contributed by atoms with Gasteiger partial charge in [0.15, 0.2) is 0 Å². The summed E-state index contributed by atoms with van der Waals surface area (Å²) in [5.41, 5.74) is 3.65. The van der Waals surface area contributed by atoms with Crippen LogP contribution in [0.2, 0.25) is 5.02 Å². The molecule has 4 aromatic rings. The van der Waals surface area contributed by atoms with Gasteiger partial charge in [-0.05, 0) is 59.3 Å². The number of hydrogen-bond donors (Lipinski definition) is 2. The molecular formula is C27H19BrClN3O4. The quantitative estimate of drug-likeness (QED) is 0.137. The zero-order chi connectivity index (χ0) is 25.5. The highest BCUT2D eigenvalue weighted by atomic mass is 79.9. The topological polar surface area (TPSA) is 96.9 Å². The number of rotatable bonds is 7. The van der Waals surface area contributed by atoms with Crippen LogP contribution in [0.25, 0.3) is 10.8 Å². The molecule has 0 saturated heterocycles. The molecule has 7 nitrogen and oxygen atoms in total. The third-order valence-corrected chi connectivity index (χ3v) is 5.84. The van der Waals surface area contributed by atoms with Crippen LogP contribution in [0, 0.1) is 0 Å². The lowest BCUT2D eigenvalue weighted by molar-refractivity contribution is -0.120. The lowest BCUT2D eigenvalue weighted by Crippen LogP contribution is -2.34. The van der Waals surface area contributed by atoms with Gasteiger partial charge in [0.05, 0.1) is 18.3 Å². The van der Waals surface area contributed by atoms with Gasteiger partial charge >= 0.3 is 5.97 Å². The van der Waals surface area contributed by atoms with Crippen molar-refractivity contribution < 1.29 is 19.1 Å². The molecule has 0 radical (unpaired) electrons. The van der Waals surface area contributed by atoms with Crippen LogP contribution >= 0.6 is 27.5 Å².